The molecular formula is C14H19N3S2. The summed E-state index contributed by atoms with van der Waals surface area (Å²) in [7, 11) is 0. The van der Waals surface area contributed by atoms with Crippen molar-refractivity contribution in [2.75, 3.05) is 5.75 Å². The minimum Gasteiger partial charge on any atom is -0.323 e. The molecule has 3 nitrogen and oxygen atoms in total. The average Bonchev–Trinajstić information content (AvgIpc) is 2.82. The van der Waals surface area contributed by atoms with Gasteiger partial charge >= 0.3 is 0 Å². The van der Waals surface area contributed by atoms with Gasteiger partial charge in [0.05, 0.1) is 0 Å². The molecule has 0 spiro atoms. The summed E-state index contributed by atoms with van der Waals surface area (Å²) in [5.41, 5.74) is 8.74. The molecule has 0 bridgehead atoms. The van der Waals surface area contributed by atoms with Crippen molar-refractivity contribution in [3.63, 3.8) is 0 Å². The smallest absolute Gasteiger partial charge is 0.170 e. The standard InChI is InChI=1S/C14H19N3S2/c1-9(2)11-4-6-12(7-5-11)13(15)8-18-14-16-10(3)17-19-14/h4-7,9,13H,8,15H2,1-3H3. The molecule has 0 amide bonds. The van der Waals surface area contributed by atoms with Crippen molar-refractivity contribution in [3.05, 3.63) is 41.2 Å². The van der Waals surface area contributed by atoms with E-state index in [9.17, 15) is 0 Å². The van der Waals surface area contributed by atoms with E-state index in [1.54, 1.807) is 11.8 Å². The van der Waals surface area contributed by atoms with Crippen molar-refractivity contribution in [1.82, 2.24) is 9.36 Å². The maximum Gasteiger partial charge on any atom is 0.170 e. The quantitative estimate of drug-likeness (QED) is 0.853. The highest BCUT2D eigenvalue weighted by molar-refractivity contribution is 8.00. The summed E-state index contributed by atoms with van der Waals surface area (Å²) in [4.78, 5) is 4.33. The largest absolute Gasteiger partial charge is 0.323 e. The molecule has 1 unspecified atom stereocenters. The van der Waals surface area contributed by atoms with Gasteiger partial charge in [0.1, 0.15) is 5.82 Å². The first-order valence-electron chi connectivity index (χ1n) is 6.35. The van der Waals surface area contributed by atoms with Crippen molar-refractivity contribution >= 4 is 23.3 Å². The van der Waals surface area contributed by atoms with Gasteiger partial charge in [-0.2, -0.15) is 4.37 Å². The zero-order valence-corrected chi connectivity index (χ0v) is 13.1. The Morgan fingerprint density at radius 2 is 1.84 bits per heavy atom. The number of aryl methyl sites for hydroxylation is 1. The Balaban J connectivity index is 1.94. The van der Waals surface area contributed by atoms with E-state index in [4.69, 9.17) is 5.73 Å². The summed E-state index contributed by atoms with van der Waals surface area (Å²) >= 11 is 3.11. The normalized spacial score (nSPS) is 12.9. The third-order valence-electron chi connectivity index (χ3n) is 2.93. The Labute approximate surface area is 122 Å². The van der Waals surface area contributed by atoms with Crippen LogP contribution in [0.15, 0.2) is 28.6 Å². The summed E-state index contributed by atoms with van der Waals surface area (Å²) < 4.78 is 5.16. The number of hydrogen-bond donors (Lipinski definition) is 1. The molecule has 0 aliphatic heterocycles. The minimum atomic E-state index is 0.0374. The van der Waals surface area contributed by atoms with Crippen LogP contribution in [0.2, 0.25) is 0 Å². The fourth-order valence-electron chi connectivity index (χ4n) is 1.72. The summed E-state index contributed by atoms with van der Waals surface area (Å²) in [6.07, 6.45) is 0. The predicted molar refractivity (Wildman–Crippen MR) is 82.8 cm³/mol. The zero-order chi connectivity index (χ0) is 13.8. The van der Waals surface area contributed by atoms with Gasteiger partial charge in [-0.3, -0.25) is 0 Å². The first-order chi connectivity index (χ1) is 9.06. The lowest BCUT2D eigenvalue weighted by molar-refractivity contribution is 0.821. The fourth-order valence-corrected chi connectivity index (χ4v) is 3.38. The van der Waals surface area contributed by atoms with E-state index in [1.807, 2.05) is 6.92 Å². The molecule has 2 rings (SSSR count). The van der Waals surface area contributed by atoms with Gasteiger partial charge in [0.25, 0.3) is 0 Å². The second-order valence-corrected chi connectivity index (χ2v) is 6.87. The third kappa shape index (κ3) is 4.03. The first-order valence-corrected chi connectivity index (χ1v) is 8.10. The van der Waals surface area contributed by atoms with Crippen LogP contribution in [0.5, 0.6) is 0 Å². The van der Waals surface area contributed by atoms with Crippen LogP contribution in [-0.2, 0) is 0 Å². The van der Waals surface area contributed by atoms with Crippen LogP contribution in [0.4, 0.5) is 0 Å². The molecule has 0 aliphatic carbocycles. The number of nitrogens with zero attached hydrogens (tertiary/aromatic N) is 2. The van der Waals surface area contributed by atoms with Gasteiger partial charge in [-0.15, -0.1) is 0 Å². The SMILES string of the molecule is Cc1nsc(SCC(N)c2ccc(C(C)C)cc2)n1. The molecule has 5 heteroatoms. The molecule has 1 atom stereocenters. The molecule has 2 aromatic rings. The van der Waals surface area contributed by atoms with Gasteiger partial charge in [0.2, 0.25) is 0 Å². The topological polar surface area (TPSA) is 51.8 Å². The molecule has 2 N–H and O–H groups in total. The zero-order valence-electron chi connectivity index (χ0n) is 11.5. The van der Waals surface area contributed by atoms with Crippen LogP contribution in [0.25, 0.3) is 0 Å². The highest BCUT2D eigenvalue weighted by Crippen LogP contribution is 2.25. The van der Waals surface area contributed by atoms with Gasteiger partial charge < -0.3 is 5.73 Å². The highest BCUT2D eigenvalue weighted by Gasteiger charge is 2.09. The molecule has 1 aromatic heterocycles. The fraction of sp³-hybridized carbons (Fsp3) is 0.429. The maximum atomic E-state index is 6.21. The molecule has 1 aromatic carbocycles. The van der Waals surface area contributed by atoms with Gasteiger partial charge in [-0.25, -0.2) is 4.98 Å². The molecule has 1 heterocycles. The van der Waals surface area contributed by atoms with Crippen LogP contribution >= 0.6 is 23.3 Å². The van der Waals surface area contributed by atoms with E-state index in [0.717, 1.165) is 15.9 Å². The highest BCUT2D eigenvalue weighted by atomic mass is 32.2. The lowest BCUT2D eigenvalue weighted by Crippen LogP contribution is -2.12. The average molecular weight is 293 g/mol. The van der Waals surface area contributed by atoms with Crippen molar-refractivity contribution in [2.45, 2.75) is 37.1 Å². The molecule has 0 fully saturated rings. The van der Waals surface area contributed by atoms with Crippen molar-refractivity contribution in [1.29, 1.82) is 0 Å². The van der Waals surface area contributed by atoms with Gasteiger partial charge in [0, 0.05) is 11.8 Å². The molecule has 0 saturated carbocycles. The van der Waals surface area contributed by atoms with Crippen molar-refractivity contribution < 1.29 is 0 Å². The van der Waals surface area contributed by atoms with E-state index in [1.165, 1.54) is 22.7 Å². The van der Waals surface area contributed by atoms with Crippen LogP contribution in [-0.4, -0.2) is 15.1 Å². The molecule has 102 valence electrons. The summed E-state index contributed by atoms with van der Waals surface area (Å²) in [6.45, 7) is 6.30. The number of hydrogen-bond acceptors (Lipinski definition) is 5. The van der Waals surface area contributed by atoms with Crippen molar-refractivity contribution in [2.24, 2.45) is 5.73 Å². The Kier molecular flexibility index (Phi) is 4.96. The van der Waals surface area contributed by atoms with Gasteiger partial charge in [-0.1, -0.05) is 49.9 Å². The number of benzene rings is 1. The molecule has 0 aliphatic rings. The first kappa shape index (κ1) is 14.5. The van der Waals surface area contributed by atoms with Gasteiger partial charge in [0.15, 0.2) is 4.34 Å². The molecule has 0 radical (unpaired) electrons. The third-order valence-corrected chi connectivity index (χ3v) is 4.97. The van der Waals surface area contributed by atoms with E-state index in [2.05, 4.69) is 47.5 Å². The van der Waals surface area contributed by atoms with E-state index in [-0.39, 0.29) is 6.04 Å². The van der Waals surface area contributed by atoms with Crippen LogP contribution in [0.3, 0.4) is 0 Å². The molecular weight excluding hydrogens is 274 g/mol. The van der Waals surface area contributed by atoms with E-state index < -0.39 is 0 Å². The number of thioether (sulfide) groups is 1. The Morgan fingerprint density at radius 1 is 1.21 bits per heavy atom. The Morgan fingerprint density at radius 3 is 2.37 bits per heavy atom. The Hall–Kier alpha value is -0.910. The number of nitrogens with two attached hydrogens (primary N) is 1. The Bertz CT molecular complexity index is 520. The van der Waals surface area contributed by atoms with Gasteiger partial charge in [-0.05, 0) is 35.5 Å². The second kappa shape index (κ2) is 6.50. The van der Waals surface area contributed by atoms with E-state index in [0.29, 0.717) is 5.92 Å². The monoisotopic (exact) mass is 293 g/mol. The predicted octanol–water partition coefficient (Wildman–Crippen LogP) is 3.76. The van der Waals surface area contributed by atoms with Crippen LogP contribution < -0.4 is 5.73 Å². The summed E-state index contributed by atoms with van der Waals surface area (Å²) in [6, 6.07) is 8.63. The lowest BCUT2D eigenvalue weighted by atomic mass is 10.00. The van der Waals surface area contributed by atoms with E-state index >= 15 is 0 Å². The minimum absolute atomic E-state index is 0.0374. The second-order valence-electron chi connectivity index (χ2n) is 4.85. The summed E-state index contributed by atoms with van der Waals surface area (Å²) in [5.74, 6) is 2.22. The van der Waals surface area contributed by atoms with Crippen LogP contribution in [0.1, 0.15) is 42.8 Å². The maximum absolute atomic E-state index is 6.21. The van der Waals surface area contributed by atoms with Crippen LogP contribution in [0, 0.1) is 6.92 Å². The van der Waals surface area contributed by atoms with Crippen molar-refractivity contribution in [3.8, 4) is 0 Å². The number of rotatable bonds is 5. The lowest BCUT2D eigenvalue weighted by Gasteiger charge is -2.12. The molecule has 0 saturated heterocycles. The number of aromatic nitrogens is 2. The summed E-state index contributed by atoms with van der Waals surface area (Å²) in [5, 5.41) is 0. The molecule has 19 heavy (non-hydrogen) atoms.